The first-order valence-electron chi connectivity index (χ1n) is 8.55. The second-order valence-electron chi connectivity index (χ2n) is 5.90. The Morgan fingerprint density at radius 1 is 0.963 bits per heavy atom. The topological polar surface area (TPSA) is 73.3 Å². The van der Waals surface area contributed by atoms with Gasteiger partial charge in [0, 0.05) is 6.42 Å². The zero-order chi connectivity index (χ0) is 19.1. The number of amides is 1. The molecular formula is C20H21N3O3S. The highest BCUT2D eigenvalue weighted by Gasteiger charge is 2.11. The first-order valence-corrected chi connectivity index (χ1v) is 9.36. The number of carbonyl (C=O) groups is 1. The lowest BCUT2D eigenvalue weighted by atomic mass is 10.1. The Hall–Kier alpha value is -2.93. The van der Waals surface area contributed by atoms with Crippen LogP contribution in [0.2, 0.25) is 0 Å². The molecule has 140 valence electrons. The number of nitrogens with zero attached hydrogens (tertiary/aromatic N) is 2. The molecule has 0 atom stereocenters. The third-order valence-corrected chi connectivity index (χ3v) is 4.89. The van der Waals surface area contributed by atoms with Gasteiger partial charge < -0.3 is 14.8 Å². The van der Waals surface area contributed by atoms with Crippen LogP contribution in [0.1, 0.15) is 16.1 Å². The van der Waals surface area contributed by atoms with Crippen LogP contribution in [0.4, 0.5) is 5.13 Å². The van der Waals surface area contributed by atoms with E-state index in [4.69, 9.17) is 9.47 Å². The summed E-state index contributed by atoms with van der Waals surface area (Å²) in [5.41, 5.74) is 2.09. The van der Waals surface area contributed by atoms with E-state index in [1.54, 1.807) is 26.4 Å². The Morgan fingerprint density at radius 3 is 2.48 bits per heavy atom. The number of nitrogens with one attached hydrogen (secondary N) is 1. The molecule has 1 N–H and O–H groups in total. The third kappa shape index (κ3) is 5.27. The molecule has 0 aliphatic carbocycles. The number of anilines is 1. The lowest BCUT2D eigenvalue weighted by molar-refractivity contribution is -0.115. The van der Waals surface area contributed by atoms with Crippen LogP contribution in [0, 0.1) is 0 Å². The molecule has 0 bridgehead atoms. The van der Waals surface area contributed by atoms with Crippen LogP contribution < -0.4 is 14.8 Å². The van der Waals surface area contributed by atoms with Crippen molar-refractivity contribution < 1.29 is 14.3 Å². The fourth-order valence-corrected chi connectivity index (χ4v) is 3.40. The van der Waals surface area contributed by atoms with Gasteiger partial charge in [-0.3, -0.25) is 4.79 Å². The van der Waals surface area contributed by atoms with Crippen LogP contribution in [0.25, 0.3) is 0 Å². The zero-order valence-corrected chi connectivity index (χ0v) is 16.1. The van der Waals surface area contributed by atoms with E-state index in [9.17, 15) is 4.79 Å². The van der Waals surface area contributed by atoms with Crippen LogP contribution >= 0.6 is 11.3 Å². The summed E-state index contributed by atoms with van der Waals surface area (Å²) in [6, 6.07) is 15.6. The van der Waals surface area contributed by atoms with Gasteiger partial charge in [-0.25, -0.2) is 0 Å². The van der Waals surface area contributed by atoms with Crippen molar-refractivity contribution in [3.05, 3.63) is 64.7 Å². The van der Waals surface area contributed by atoms with Gasteiger partial charge in [-0.05, 0) is 29.7 Å². The summed E-state index contributed by atoms with van der Waals surface area (Å²) in [6.07, 6.45) is 1.92. The lowest BCUT2D eigenvalue weighted by Gasteiger charge is -2.09. The van der Waals surface area contributed by atoms with Gasteiger partial charge in [0.2, 0.25) is 11.0 Å². The molecule has 6 nitrogen and oxygen atoms in total. The van der Waals surface area contributed by atoms with E-state index < -0.39 is 0 Å². The Labute approximate surface area is 162 Å². The summed E-state index contributed by atoms with van der Waals surface area (Å²) in [7, 11) is 3.15. The minimum absolute atomic E-state index is 0.145. The summed E-state index contributed by atoms with van der Waals surface area (Å²) < 4.78 is 10.5. The highest BCUT2D eigenvalue weighted by molar-refractivity contribution is 7.15. The van der Waals surface area contributed by atoms with Crippen LogP contribution in [0.5, 0.6) is 11.5 Å². The summed E-state index contributed by atoms with van der Waals surface area (Å²) in [5.74, 6) is 1.09. The molecule has 27 heavy (non-hydrogen) atoms. The Kier molecular flexibility index (Phi) is 6.38. The minimum atomic E-state index is -0.145. The maximum absolute atomic E-state index is 12.3. The van der Waals surface area contributed by atoms with Crippen molar-refractivity contribution in [2.45, 2.75) is 19.3 Å². The van der Waals surface area contributed by atoms with Crippen molar-refractivity contribution in [1.82, 2.24) is 10.2 Å². The van der Waals surface area contributed by atoms with Gasteiger partial charge in [-0.1, -0.05) is 47.7 Å². The average molecular weight is 383 g/mol. The molecule has 2 aromatic carbocycles. The molecule has 0 aliphatic rings. The van der Waals surface area contributed by atoms with Crippen molar-refractivity contribution >= 4 is 22.4 Å². The van der Waals surface area contributed by atoms with Gasteiger partial charge in [-0.2, -0.15) is 0 Å². The monoisotopic (exact) mass is 383 g/mol. The van der Waals surface area contributed by atoms with E-state index in [2.05, 4.69) is 27.6 Å². The van der Waals surface area contributed by atoms with Gasteiger partial charge >= 0.3 is 0 Å². The highest BCUT2D eigenvalue weighted by Crippen LogP contribution is 2.28. The maximum Gasteiger partial charge on any atom is 0.230 e. The number of carbonyl (C=O) groups excluding carboxylic acids is 1. The molecule has 3 rings (SSSR count). The van der Waals surface area contributed by atoms with Crippen LogP contribution in [-0.2, 0) is 24.1 Å². The first-order chi connectivity index (χ1) is 13.2. The number of benzene rings is 2. The van der Waals surface area contributed by atoms with E-state index in [1.165, 1.54) is 16.9 Å². The SMILES string of the molecule is COc1ccc(CC(=O)Nc2nnc(CCc3ccccc3)s2)cc1OC. The molecular weight excluding hydrogens is 362 g/mol. The largest absolute Gasteiger partial charge is 0.493 e. The maximum atomic E-state index is 12.3. The predicted molar refractivity (Wildman–Crippen MR) is 106 cm³/mol. The van der Waals surface area contributed by atoms with Gasteiger partial charge in [0.1, 0.15) is 5.01 Å². The Morgan fingerprint density at radius 2 is 1.74 bits per heavy atom. The fraction of sp³-hybridized carbons (Fsp3) is 0.250. The molecule has 0 spiro atoms. The molecule has 0 radical (unpaired) electrons. The van der Waals surface area contributed by atoms with E-state index in [1.807, 2.05) is 24.3 Å². The zero-order valence-electron chi connectivity index (χ0n) is 15.3. The normalized spacial score (nSPS) is 10.4. The molecule has 1 aromatic heterocycles. The second kappa shape index (κ2) is 9.14. The average Bonchev–Trinajstić information content (AvgIpc) is 3.14. The van der Waals surface area contributed by atoms with E-state index in [-0.39, 0.29) is 12.3 Å². The molecule has 3 aromatic rings. The van der Waals surface area contributed by atoms with Gasteiger partial charge in [0.15, 0.2) is 11.5 Å². The van der Waals surface area contributed by atoms with Crippen LogP contribution in [0.3, 0.4) is 0 Å². The molecule has 0 aliphatic heterocycles. The highest BCUT2D eigenvalue weighted by atomic mass is 32.1. The lowest BCUT2D eigenvalue weighted by Crippen LogP contribution is -2.14. The second-order valence-corrected chi connectivity index (χ2v) is 6.96. The predicted octanol–water partition coefficient (Wildman–Crippen LogP) is 3.52. The summed E-state index contributed by atoms with van der Waals surface area (Å²) in [6.45, 7) is 0. The molecule has 0 fully saturated rings. The number of ether oxygens (including phenoxy) is 2. The van der Waals surface area contributed by atoms with E-state index in [0.29, 0.717) is 16.6 Å². The van der Waals surface area contributed by atoms with Gasteiger partial charge in [-0.15, -0.1) is 10.2 Å². The number of aromatic nitrogens is 2. The van der Waals surface area contributed by atoms with Gasteiger partial charge in [0.25, 0.3) is 0 Å². The number of rotatable bonds is 8. The molecule has 1 heterocycles. The van der Waals surface area contributed by atoms with Crippen molar-refractivity contribution in [1.29, 1.82) is 0 Å². The first kappa shape index (κ1) is 18.8. The van der Waals surface area contributed by atoms with Crippen LogP contribution in [-0.4, -0.2) is 30.3 Å². The molecule has 1 amide bonds. The number of methoxy groups -OCH3 is 2. The summed E-state index contributed by atoms with van der Waals surface area (Å²) >= 11 is 1.41. The summed E-state index contributed by atoms with van der Waals surface area (Å²) in [4.78, 5) is 12.3. The van der Waals surface area contributed by atoms with E-state index in [0.717, 1.165) is 23.4 Å². The van der Waals surface area contributed by atoms with E-state index >= 15 is 0 Å². The molecule has 0 saturated heterocycles. The minimum Gasteiger partial charge on any atom is -0.493 e. The fourth-order valence-electron chi connectivity index (χ4n) is 2.64. The summed E-state index contributed by atoms with van der Waals surface area (Å²) in [5, 5.41) is 12.5. The number of hydrogen-bond donors (Lipinski definition) is 1. The van der Waals surface area contributed by atoms with Crippen molar-refractivity contribution in [3.63, 3.8) is 0 Å². The smallest absolute Gasteiger partial charge is 0.230 e. The van der Waals surface area contributed by atoms with Crippen molar-refractivity contribution in [2.75, 3.05) is 19.5 Å². The molecule has 0 unspecified atom stereocenters. The Balaban J connectivity index is 1.54. The Bertz CT molecular complexity index is 896. The van der Waals surface area contributed by atoms with Crippen molar-refractivity contribution in [2.24, 2.45) is 0 Å². The van der Waals surface area contributed by atoms with Gasteiger partial charge in [0.05, 0.1) is 20.6 Å². The third-order valence-electron chi connectivity index (χ3n) is 4.00. The van der Waals surface area contributed by atoms with Crippen molar-refractivity contribution in [3.8, 4) is 11.5 Å². The van der Waals surface area contributed by atoms with Crippen LogP contribution in [0.15, 0.2) is 48.5 Å². The molecule has 7 heteroatoms. The standard InChI is InChI=1S/C20H21N3O3S/c1-25-16-10-8-15(12-17(16)26-2)13-18(24)21-20-23-22-19(27-20)11-9-14-6-4-3-5-7-14/h3-8,10,12H,9,11,13H2,1-2H3,(H,21,23,24). The quantitative estimate of drug-likeness (QED) is 0.644. The number of aryl methyl sites for hydroxylation is 2. The number of hydrogen-bond acceptors (Lipinski definition) is 6. The molecule has 0 saturated carbocycles.